The fourth-order valence-electron chi connectivity index (χ4n) is 3.36. The minimum atomic E-state index is 0. The van der Waals surface area contributed by atoms with Gasteiger partial charge >= 0.3 is 0 Å². The van der Waals surface area contributed by atoms with Crippen LogP contribution in [0.15, 0.2) is 47.6 Å². The minimum absolute atomic E-state index is 0. The summed E-state index contributed by atoms with van der Waals surface area (Å²) >= 11 is 1.96. The molecule has 0 saturated heterocycles. The van der Waals surface area contributed by atoms with Crippen molar-refractivity contribution in [3.8, 4) is 17.4 Å². The zero-order valence-electron chi connectivity index (χ0n) is 17.8. The van der Waals surface area contributed by atoms with E-state index < -0.39 is 0 Å². The summed E-state index contributed by atoms with van der Waals surface area (Å²) in [5.74, 6) is 2.76. The summed E-state index contributed by atoms with van der Waals surface area (Å²) in [6.45, 7) is 3.20. The minimum Gasteiger partial charge on any atom is -0.490 e. The van der Waals surface area contributed by atoms with Crippen LogP contribution in [0.25, 0.3) is 0 Å². The lowest BCUT2D eigenvalue weighted by atomic mass is 10.2. The molecule has 0 bridgehead atoms. The van der Waals surface area contributed by atoms with Crippen LogP contribution in [-0.2, 0) is 6.54 Å². The number of nitrogens with zero attached hydrogens (tertiary/aromatic N) is 2. The largest absolute Gasteiger partial charge is 0.490 e. The van der Waals surface area contributed by atoms with E-state index in [1.165, 1.54) is 19.3 Å². The Labute approximate surface area is 200 Å². The quantitative estimate of drug-likeness (QED) is 0.283. The van der Waals surface area contributed by atoms with E-state index in [2.05, 4.69) is 26.9 Å². The van der Waals surface area contributed by atoms with E-state index in [4.69, 9.17) is 9.47 Å². The Balaban J connectivity index is 0.00000320. The van der Waals surface area contributed by atoms with Crippen molar-refractivity contribution in [2.24, 2.45) is 4.99 Å². The van der Waals surface area contributed by atoms with Crippen molar-refractivity contribution in [1.82, 2.24) is 15.6 Å². The van der Waals surface area contributed by atoms with Crippen LogP contribution in [0.2, 0.25) is 0 Å². The van der Waals surface area contributed by atoms with Crippen molar-refractivity contribution in [3.63, 3.8) is 0 Å². The molecule has 2 aromatic rings. The number of aliphatic imine (C=N–C) groups is 1. The molecule has 1 aromatic heterocycles. The average Bonchev–Trinajstić information content (AvgIpc) is 3.21. The number of ether oxygens (including phenoxy) is 2. The number of aromatic nitrogens is 1. The Hall–Kier alpha value is -1.68. The normalized spacial score (nSPS) is 18.4. The highest BCUT2D eigenvalue weighted by atomic mass is 127. The number of pyridine rings is 1. The van der Waals surface area contributed by atoms with Crippen LogP contribution in [0.1, 0.15) is 31.7 Å². The first kappa shape index (κ1) is 24.6. The average molecular weight is 542 g/mol. The fourth-order valence-corrected chi connectivity index (χ4v) is 4.15. The zero-order valence-corrected chi connectivity index (χ0v) is 20.9. The second-order valence-corrected chi connectivity index (χ2v) is 8.06. The van der Waals surface area contributed by atoms with Crippen molar-refractivity contribution >= 4 is 41.7 Å². The van der Waals surface area contributed by atoms with Crippen LogP contribution in [0.5, 0.6) is 17.4 Å². The summed E-state index contributed by atoms with van der Waals surface area (Å²) < 4.78 is 11.5. The van der Waals surface area contributed by atoms with Gasteiger partial charge < -0.3 is 20.1 Å². The number of para-hydroxylation sites is 2. The Morgan fingerprint density at radius 1 is 1.20 bits per heavy atom. The SMILES string of the molecule is CCOc1ccccc1Oc1ccc(CNC(=NC)NC2CCC(SC)C2)cn1.I. The lowest BCUT2D eigenvalue weighted by Gasteiger charge is -2.17. The molecule has 1 aliphatic rings. The molecule has 2 unspecified atom stereocenters. The molecule has 0 amide bonds. The first-order valence-corrected chi connectivity index (χ1v) is 11.3. The molecule has 164 valence electrons. The van der Waals surface area contributed by atoms with Gasteiger partial charge in [0.25, 0.3) is 0 Å². The van der Waals surface area contributed by atoms with Gasteiger partial charge in [-0.05, 0) is 50.1 Å². The van der Waals surface area contributed by atoms with E-state index in [0.717, 1.165) is 16.8 Å². The summed E-state index contributed by atoms with van der Waals surface area (Å²) in [6, 6.07) is 12.0. The molecular weight excluding hydrogens is 511 g/mol. The lowest BCUT2D eigenvalue weighted by molar-refractivity contribution is 0.319. The second-order valence-electron chi connectivity index (χ2n) is 6.92. The van der Waals surface area contributed by atoms with E-state index in [1.54, 1.807) is 7.05 Å². The fraction of sp³-hybridized carbons (Fsp3) is 0.455. The second kappa shape index (κ2) is 12.9. The van der Waals surface area contributed by atoms with Crippen LogP contribution < -0.4 is 20.1 Å². The van der Waals surface area contributed by atoms with Crippen LogP contribution in [-0.4, -0.2) is 42.1 Å². The van der Waals surface area contributed by atoms with E-state index >= 15 is 0 Å². The molecule has 1 fully saturated rings. The van der Waals surface area contributed by atoms with Gasteiger partial charge in [0.2, 0.25) is 5.88 Å². The number of guanidine groups is 1. The number of hydrogen-bond donors (Lipinski definition) is 2. The van der Waals surface area contributed by atoms with Crippen molar-refractivity contribution < 1.29 is 9.47 Å². The van der Waals surface area contributed by atoms with Crippen molar-refractivity contribution in [1.29, 1.82) is 0 Å². The topological polar surface area (TPSA) is 67.8 Å². The molecule has 2 atom stereocenters. The standard InChI is InChI=1S/C22H30N4O2S.HI/c1-4-27-19-7-5-6-8-20(19)28-21-12-9-16(14-24-21)15-25-22(23-2)26-17-10-11-18(13-17)29-3;/h5-9,12,14,17-18H,4,10-11,13,15H2,1-3H3,(H2,23,25,26);1H. The van der Waals surface area contributed by atoms with E-state index in [0.29, 0.717) is 36.6 Å². The van der Waals surface area contributed by atoms with Gasteiger partial charge in [0.1, 0.15) is 0 Å². The van der Waals surface area contributed by atoms with E-state index in [1.807, 2.05) is 61.3 Å². The Morgan fingerprint density at radius 2 is 2.00 bits per heavy atom. The van der Waals surface area contributed by atoms with Crippen molar-refractivity contribution in [2.75, 3.05) is 19.9 Å². The molecule has 0 aliphatic heterocycles. The Morgan fingerprint density at radius 3 is 2.63 bits per heavy atom. The third kappa shape index (κ3) is 7.23. The molecule has 0 radical (unpaired) electrons. The molecular formula is C22H31IN4O2S. The van der Waals surface area contributed by atoms with Crippen LogP contribution in [0, 0.1) is 0 Å². The number of thioether (sulfide) groups is 1. The zero-order chi connectivity index (χ0) is 20.5. The molecule has 1 aliphatic carbocycles. The van der Waals surface area contributed by atoms with Crippen LogP contribution in [0.3, 0.4) is 0 Å². The van der Waals surface area contributed by atoms with Gasteiger partial charge in [-0.15, -0.1) is 24.0 Å². The Bertz CT molecular complexity index is 804. The van der Waals surface area contributed by atoms with Gasteiger partial charge in [-0.1, -0.05) is 18.2 Å². The predicted molar refractivity (Wildman–Crippen MR) is 136 cm³/mol. The first-order valence-electron chi connectivity index (χ1n) is 10.1. The van der Waals surface area contributed by atoms with Gasteiger partial charge in [0.05, 0.1) is 6.61 Å². The highest BCUT2D eigenvalue weighted by molar-refractivity contribution is 14.0. The highest BCUT2D eigenvalue weighted by Crippen LogP contribution is 2.30. The van der Waals surface area contributed by atoms with Crippen molar-refractivity contribution in [3.05, 3.63) is 48.2 Å². The van der Waals surface area contributed by atoms with Crippen LogP contribution >= 0.6 is 35.7 Å². The third-order valence-electron chi connectivity index (χ3n) is 4.90. The molecule has 3 rings (SSSR count). The molecule has 6 nitrogen and oxygen atoms in total. The number of nitrogens with one attached hydrogen (secondary N) is 2. The number of halogens is 1. The number of benzene rings is 1. The molecule has 1 aromatic carbocycles. The molecule has 8 heteroatoms. The monoisotopic (exact) mass is 542 g/mol. The molecule has 2 N–H and O–H groups in total. The van der Waals surface area contributed by atoms with E-state index in [-0.39, 0.29) is 24.0 Å². The molecule has 30 heavy (non-hydrogen) atoms. The summed E-state index contributed by atoms with van der Waals surface area (Å²) in [5.41, 5.74) is 1.06. The van der Waals surface area contributed by atoms with E-state index in [9.17, 15) is 0 Å². The Kier molecular flexibility index (Phi) is 10.6. The number of hydrogen-bond acceptors (Lipinski definition) is 5. The number of rotatable bonds is 8. The maximum absolute atomic E-state index is 5.88. The maximum Gasteiger partial charge on any atom is 0.219 e. The summed E-state index contributed by atoms with van der Waals surface area (Å²) in [4.78, 5) is 8.77. The maximum atomic E-state index is 5.88. The van der Waals surface area contributed by atoms with Crippen molar-refractivity contribution in [2.45, 2.75) is 44.0 Å². The van der Waals surface area contributed by atoms with Gasteiger partial charge in [-0.25, -0.2) is 4.98 Å². The van der Waals surface area contributed by atoms with Gasteiger partial charge in [0.15, 0.2) is 17.5 Å². The summed E-state index contributed by atoms with van der Waals surface area (Å²) in [6.07, 6.45) is 7.67. The molecule has 1 heterocycles. The lowest BCUT2D eigenvalue weighted by Crippen LogP contribution is -2.42. The molecule has 0 spiro atoms. The smallest absolute Gasteiger partial charge is 0.219 e. The van der Waals surface area contributed by atoms with Gasteiger partial charge in [0, 0.05) is 37.1 Å². The molecule has 1 saturated carbocycles. The third-order valence-corrected chi connectivity index (χ3v) is 6.00. The summed E-state index contributed by atoms with van der Waals surface area (Å²) in [7, 11) is 1.81. The van der Waals surface area contributed by atoms with Crippen LogP contribution in [0.4, 0.5) is 0 Å². The summed E-state index contributed by atoms with van der Waals surface area (Å²) in [5, 5.41) is 7.66. The predicted octanol–water partition coefficient (Wildman–Crippen LogP) is 4.84. The van der Waals surface area contributed by atoms with Gasteiger partial charge in [-0.2, -0.15) is 11.8 Å². The van der Waals surface area contributed by atoms with Gasteiger partial charge in [-0.3, -0.25) is 4.99 Å². The highest BCUT2D eigenvalue weighted by Gasteiger charge is 2.24. The first-order chi connectivity index (χ1) is 14.2.